The second-order valence-corrected chi connectivity index (χ2v) is 4.19. The third-order valence-corrected chi connectivity index (χ3v) is 3.02. The molecule has 3 heteroatoms. The fourth-order valence-corrected chi connectivity index (χ4v) is 2.21. The molecule has 0 radical (unpaired) electrons. The summed E-state index contributed by atoms with van der Waals surface area (Å²) in [7, 11) is 0. The minimum absolute atomic E-state index is 0.247. The van der Waals surface area contributed by atoms with Crippen molar-refractivity contribution < 1.29 is 4.39 Å². The van der Waals surface area contributed by atoms with E-state index in [1.165, 1.54) is 12.1 Å². The Bertz CT molecular complexity index is 686. The molecule has 1 heterocycles. The van der Waals surface area contributed by atoms with Crippen LogP contribution in [0.3, 0.4) is 0 Å². The highest BCUT2D eigenvalue weighted by molar-refractivity contribution is 5.78. The lowest BCUT2D eigenvalue weighted by atomic mass is 10.2. The van der Waals surface area contributed by atoms with E-state index >= 15 is 0 Å². The van der Waals surface area contributed by atoms with Crippen molar-refractivity contribution in [2.45, 2.75) is 13.3 Å². The van der Waals surface area contributed by atoms with Gasteiger partial charge in [0.25, 0.3) is 0 Å². The van der Waals surface area contributed by atoms with Crippen molar-refractivity contribution in [2.24, 2.45) is 0 Å². The molecule has 0 saturated carbocycles. The Morgan fingerprint density at radius 2 is 1.89 bits per heavy atom. The first kappa shape index (κ1) is 11.0. The monoisotopic (exact) mass is 240 g/mol. The molecule has 0 spiro atoms. The minimum Gasteiger partial charge on any atom is -0.296 e. The van der Waals surface area contributed by atoms with Crippen molar-refractivity contribution in [1.29, 1.82) is 0 Å². The third kappa shape index (κ3) is 1.68. The average Bonchev–Trinajstić information content (AvgIpc) is 2.77. The molecule has 0 atom stereocenters. The lowest BCUT2D eigenvalue weighted by Crippen LogP contribution is -1.99. The highest BCUT2D eigenvalue weighted by Crippen LogP contribution is 2.22. The second kappa shape index (κ2) is 4.26. The molecule has 0 unspecified atom stereocenters. The van der Waals surface area contributed by atoms with Crippen LogP contribution in [0.15, 0.2) is 48.5 Å². The molecule has 2 aromatic carbocycles. The van der Waals surface area contributed by atoms with Crippen molar-refractivity contribution in [3.63, 3.8) is 0 Å². The van der Waals surface area contributed by atoms with Crippen LogP contribution in [-0.2, 0) is 6.42 Å². The van der Waals surface area contributed by atoms with Gasteiger partial charge in [0.2, 0.25) is 0 Å². The minimum atomic E-state index is -0.247. The van der Waals surface area contributed by atoms with Gasteiger partial charge in [0.05, 0.1) is 11.0 Å². The van der Waals surface area contributed by atoms with Crippen LogP contribution in [0.1, 0.15) is 12.7 Å². The van der Waals surface area contributed by atoms with Crippen LogP contribution in [-0.4, -0.2) is 9.55 Å². The van der Waals surface area contributed by atoms with Crippen LogP contribution >= 0.6 is 0 Å². The predicted octanol–water partition coefficient (Wildman–Crippen LogP) is 3.73. The normalized spacial score (nSPS) is 11.0. The molecule has 0 bridgehead atoms. The molecule has 0 amide bonds. The zero-order valence-electron chi connectivity index (χ0n) is 10.1. The Morgan fingerprint density at radius 3 is 2.61 bits per heavy atom. The van der Waals surface area contributed by atoms with Crippen LogP contribution in [0.2, 0.25) is 0 Å². The maximum absolute atomic E-state index is 13.2. The van der Waals surface area contributed by atoms with Gasteiger partial charge in [0.1, 0.15) is 11.6 Å². The van der Waals surface area contributed by atoms with Gasteiger partial charge in [0, 0.05) is 18.2 Å². The van der Waals surface area contributed by atoms with E-state index in [4.69, 9.17) is 0 Å². The Balaban J connectivity index is 2.33. The van der Waals surface area contributed by atoms with E-state index < -0.39 is 0 Å². The third-order valence-electron chi connectivity index (χ3n) is 3.02. The maximum Gasteiger partial charge on any atom is 0.125 e. The predicted molar refractivity (Wildman–Crippen MR) is 70.4 cm³/mol. The summed E-state index contributed by atoms with van der Waals surface area (Å²) in [5.41, 5.74) is 2.71. The second-order valence-electron chi connectivity index (χ2n) is 4.19. The number of para-hydroxylation sites is 1. The molecule has 0 saturated heterocycles. The van der Waals surface area contributed by atoms with E-state index in [9.17, 15) is 4.39 Å². The Morgan fingerprint density at radius 1 is 1.11 bits per heavy atom. The summed E-state index contributed by atoms with van der Waals surface area (Å²) >= 11 is 0. The summed E-state index contributed by atoms with van der Waals surface area (Å²) < 4.78 is 15.3. The zero-order chi connectivity index (χ0) is 12.5. The van der Waals surface area contributed by atoms with Crippen molar-refractivity contribution in [3.8, 4) is 5.69 Å². The van der Waals surface area contributed by atoms with Crippen LogP contribution in [0, 0.1) is 5.82 Å². The highest BCUT2D eigenvalue weighted by Gasteiger charge is 2.11. The highest BCUT2D eigenvalue weighted by atomic mass is 19.1. The van der Waals surface area contributed by atoms with Gasteiger partial charge >= 0.3 is 0 Å². The van der Waals surface area contributed by atoms with E-state index in [-0.39, 0.29) is 5.82 Å². The number of imidazole rings is 1. The fraction of sp³-hybridized carbons (Fsp3) is 0.133. The van der Waals surface area contributed by atoms with Gasteiger partial charge in [0.15, 0.2) is 0 Å². The summed E-state index contributed by atoms with van der Waals surface area (Å²) in [4.78, 5) is 4.49. The van der Waals surface area contributed by atoms with E-state index in [0.717, 1.165) is 23.4 Å². The van der Waals surface area contributed by atoms with Crippen molar-refractivity contribution >= 4 is 11.0 Å². The van der Waals surface area contributed by atoms with Crippen molar-refractivity contribution in [1.82, 2.24) is 9.55 Å². The molecule has 3 aromatic rings. The first-order valence-corrected chi connectivity index (χ1v) is 6.02. The number of aromatic nitrogens is 2. The number of aryl methyl sites for hydroxylation is 1. The first-order chi connectivity index (χ1) is 8.79. The van der Waals surface area contributed by atoms with E-state index in [2.05, 4.69) is 16.5 Å². The number of rotatable bonds is 2. The van der Waals surface area contributed by atoms with Gasteiger partial charge in [-0.05, 0) is 24.3 Å². The van der Waals surface area contributed by atoms with Crippen LogP contribution in [0.25, 0.3) is 16.7 Å². The average molecular weight is 240 g/mol. The number of halogens is 1. The molecule has 90 valence electrons. The lowest BCUT2D eigenvalue weighted by molar-refractivity contribution is 0.629. The van der Waals surface area contributed by atoms with Gasteiger partial charge in [-0.15, -0.1) is 0 Å². The van der Waals surface area contributed by atoms with E-state index in [1.54, 1.807) is 6.07 Å². The fourth-order valence-electron chi connectivity index (χ4n) is 2.21. The summed E-state index contributed by atoms with van der Waals surface area (Å²) in [6, 6.07) is 14.8. The largest absolute Gasteiger partial charge is 0.296 e. The molecule has 0 fully saturated rings. The Kier molecular flexibility index (Phi) is 2.59. The number of hydrogen-bond acceptors (Lipinski definition) is 1. The summed E-state index contributed by atoms with van der Waals surface area (Å²) in [6.07, 6.45) is 0.811. The quantitative estimate of drug-likeness (QED) is 0.667. The SMILES string of the molecule is CCc1nc2cc(F)ccc2n1-c1ccccc1. The molecular formula is C15H13FN2. The van der Waals surface area contributed by atoms with Gasteiger partial charge in [-0.25, -0.2) is 9.37 Å². The maximum atomic E-state index is 13.2. The number of hydrogen-bond donors (Lipinski definition) is 0. The number of benzene rings is 2. The Hall–Kier alpha value is -2.16. The van der Waals surface area contributed by atoms with E-state index in [1.807, 2.05) is 30.3 Å². The standard InChI is InChI=1S/C15H13FN2/c1-2-15-17-13-10-11(16)8-9-14(13)18(15)12-6-4-3-5-7-12/h3-10H,2H2,1H3. The molecule has 0 aliphatic heterocycles. The van der Waals surface area contributed by atoms with Crippen LogP contribution in [0.4, 0.5) is 4.39 Å². The molecule has 1 aromatic heterocycles. The summed E-state index contributed by atoms with van der Waals surface area (Å²) in [6.45, 7) is 2.05. The molecular weight excluding hydrogens is 227 g/mol. The molecule has 0 aliphatic rings. The lowest BCUT2D eigenvalue weighted by Gasteiger charge is -2.07. The van der Waals surface area contributed by atoms with Gasteiger partial charge in [-0.3, -0.25) is 4.57 Å². The summed E-state index contributed by atoms with van der Waals surface area (Å²) in [5.74, 6) is 0.699. The summed E-state index contributed by atoms with van der Waals surface area (Å²) in [5, 5.41) is 0. The van der Waals surface area contributed by atoms with Gasteiger partial charge in [-0.1, -0.05) is 25.1 Å². The topological polar surface area (TPSA) is 17.8 Å². The van der Waals surface area contributed by atoms with Crippen molar-refractivity contribution in [3.05, 3.63) is 60.2 Å². The number of fused-ring (bicyclic) bond motifs is 1. The molecule has 0 aliphatic carbocycles. The van der Waals surface area contributed by atoms with Gasteiger partial charge in [-0.2, -0.15) is 0 Å². The molecule has 0 N–H and O–H groups in total. The first-order valence-electron chi connectivity index (χ1n) is 6.02. The van der Waals surface area contributed by atoms with Gasteiger partial charge < -0.3 is 0 Å². The molecule has 3 rings (SSSR count). The molecule has 18 heavy (non-hydrogen) atoms. The van der Waals surface area contributed by atoms with Crippen LogP contribution in [0.5, 0.6) is 0 Å². The van der Waals surface area contributed by atoms with E-state index in [0.29, 0.717) is 5.52 Å². The smallest absolute Gasteiger partial charge is 0.125 e. The number of nitrogens with zero attached hydrogens (tertiary/aromatic N) is 2. The van der Waals surface area contributed by atoms with Crippen molar-refractivity contribution in [2.75, 3.05) is 0 Å². The van der Waals surface area contributed by atoms with Crippen LogP contribution < -0.4 is 0 Å². The Labute approximate surface area is 105 Å². The zero-order valence-corrected chi connectivity index (χ0v) is 10.1. The molecule has 2 nitrogen and oxygen atoms in total.